The molecule has 0 fully saturated rings. The summed E-state index contributed by atoms with van der Waals surface area (Å²) in [4.78, 5) is 34.5. The van der Waals surface area contributed by atoms with Crippen molar-refractivity contribution in [2.24, 2.45) is 0 Å². The Bertz CT molecular complexity index is 787. The van der Waals surface area contributed by atoms with Crippen molar-refractivity contribution in [3.05, 3.63) is 59.9 Å². The maximum atomic E-state index is 12.8. The van der Waals surface area contributed by atoms with E-state index < -0.39 is 24.3 Å². The van der Waals surface area contributed by atoms with Crippen LogP contribution in [0.5, 0.6) is 5.75 Å². The molecule has 0 spiro atoms. The number of amides is 1. The van der Waals surface area contributed by atoms with Gasteiger partial charge in [-0.2, -0.15) is 0 Å². The summed E-state index contributed by atoms with van der Waals surface area (Å²) >= 11 is 0. The van der Waals surface area contributed by atoms with E-state index in [1.54, 1.807) is 24.3 Å². The van der Waals surface area contributed by atoms with Gasteiger partial charge in [-0.05, 0) is 61.9 Å². The predicted octanol–water partition coefficient (Wildman–Crippen LogP) is 3.37. The number of nitrogens with one attached hydrogen (secondary N) is 1. The average molecular weight is 373 g/mol. The number of anilines is 1. The molecule has 0 heterocycles. The molecule has 142 valence electrons. The molecule has 0 aliphatic rings. The highest BCUT2D eigenvalue weighted by Gasteiger charge is 2.08. The summed E-state index contributed by atoms with van der Waals surface area (Å²) in [6.45, 7) is 1.38. The van der Waals surface area contributed by atoms with Gasteiger partial charge in [0.15, 0.2) is 12.4 Å². The van der Waals surface area contributed by atoms with Crippen LogP contribution < -0.4 is 10.1 Å². The summed E-state index contributed by atoms with van der Waals surface area (Å²) in [6.07, 6.45) is 0.530. The summed E-state index contributed by atoms with van der Waals surface area (Å²) in [7, 11) is 0. The molecule has 0 aliphatic carbocycles. The van der Waals surface area contributed by atoms with Crippen molar-refractivity contribution in [1.29, 1.82) is 0 Å². The zero-order valence-electron chi connectivity index (χ0n) is 14.9. The third-order valence-electron chi connectivity index (χ3n) is 3.55. The maximum Gasteiger partial charge on any atom is 0.306 e. The smallest absolute Gasteiger partial charge is 0.306 e. The first kappa shape index (κ1) is 20.1. The van der Waals surface area contributed by atoms with Gasteiger partial charge in [0.25, 0.3) is 5.91 Å². The number of Topliss-reactive ketones (excluding diaryl/α,β-unsaturated/α-hetero) is 1. The number of carbonyl (C=O) groups excluding carboxylic acids is 3. The molecule has 0 bridgehead atoms. The average Bonchev–Trinajstić information content (AvgIpc) is 2.66. The second kappa shape index (κ2) is 10.1. The highest BCUT2D eigenvalue weighted by atomic mass is 19.1. The van der Waals surface area contributed by atoms with E-state index in [0.717, 1.165) is 0 Å². The number of benzene rings is 2. The zero-order valence-corrected chi connectivity index (χ0v) is 14.9. The highest BCUT2D eigenvalue weighted by molar-refractivity contribution is 5.94. The van der Waals surface area contributed by atoms with Crippen LogP contribution in [-0.4, -0.2) is 30.9 Å². The van der Waals surface area contributed by atoms with E-state index in [0.29, 0.717) is 30.0 Å². The van der Waals surface area contributed by atoms with Gasteiger partial charge in [-0.15, -0.1) is 0 Å². The number of hydrogen-bond donors (Lipinski definition) is 1. The van der Waals surface area contributed by atoms with Gasteiger partial charge in [-0.3, -0.25) is 14.4 Å². The molecule has 0 radical (unpaired) electrons. The Morgan fingerprint density at radius 1 is 1.00 bits per heavy atom. The molecule has 27 heavy (non-hydrogen) atoms. The standard InChI is InChI=1S/C20H20FNO5/c1-14(23)15-4-10-18(11-5-15)26-12-2-3-20(25)27-13-19(24)22-17-8-6-16(21)7-9-17/h4-11H,2-3,12-13H2,1H3,(H,22,24). The monoisotopic (exact) mass is 373 g/mol. The SMILES string of the molecule is CC(=O)c1ccc(OCCCC(=O)OCC(=O)Nc2ccc(F)cc2)cc1. The molecule has 0 atom stereocenters. The molecule has 7 heteroatoms. The second-order valence-corrected chi connectivity index (χ2v) is 5.75. The van der Waals surface area contributed by atoms with Crippen LogP contribution in [0.2, 0.25) is 0 Å². The molecule has 2 aromatic carbocycles. The third kappa shape index (κ3) is 7.27. The van der Waals surface area contributed by atoms with E-state index in [1.165, 1.54) is 31.2 Å². The summed E-state index contributed by atoms with van der Waals surface area (Å²) in [6, 6.07) is 12.0. The molecule has 0 unspecified atom stereocenters. The fourth-order valence-electron chi connectivity index (χ4n) is 2.14. The first-order chi connectivity index (χ1) is 12.9. The maximum absolute atomic E-state index is 12.8. The Morgan fingerprint density at radius 2 is 1.67 bits per heavy atom. The number of ketones is 1. The summed E-state index contributed by atoms with van der Waals surface area (Å²) < 4.78 is 23.1. The lowest BCUT2D eigenvalue weighted by Gasteiger charge is -2.08. The van der Waals surface area contributed by atoms with Crippen LogP contribution in [0.4, 0.5) is 10.1 Å². The molecule has 0 aliphatic heterocycles. The van der Waals surface area contributed by atoms with Crippen LogP contribution in [0, 0.1) is 5.82 Å². The van der Waals surface area contributed by atoms with E-state index in [9.17, 15) is 18.8 Å². The lowest BCUT2D eigenvalue weighted by atomic mass is 10.1. The summed E-state index contributed by atoms with van der Waals surface area (Å²) in [5.41, 5.74) is 1.02. The van der Waals surface area contributed by atoms with E-state index >= 15 is 0 Å². The van der Waals surface area contributed by atoms with Gasteiger partial charge in [-0.25, -0.2) is 4.39 Å². The van der Waals surface area contributed by atoms with E-state index in [4.69, 9.17) is 9.47 Å². The van der Waals surface area contributed by atoms with Gasteiger partial charge in [0.1, 0.15) is 11.6 Å². The van der Waals surface area contributed by atoms with Gasteiger partial charge < -0.3 is 14.8 Å². The van der Waals surface area contributed by atoms with Crippen molar-refractivity contribution in [3.8, 4) is 5.75 Å². The van der Waals surface area contributed by atoms with Gasteiger partial charge >= 0.3 is 5.97 Å². The van der Waals surface area contributed by atoms with Crippen LogP contribution in [0.15, 0.2) is 48.5 Å². The number of ether oxygens (including phenoxy) is 2. The van der Waals surface area contributed by atoms with Gasteiger partial charge in [0.05, 0.1) is 6.61 Å². The molecule has 1 N–H and O–H groups in total. The normalized spacial score (nSPS) is 10.1. The first-order valence-electron chi connectivity index (χ1n) is 8.39. The van der Waals surface area contributed by atoms with Gasteiger partial charge in [0.2, 0.25) is 0 Å². The minimum atomic E-state index is -0.514. The molecule has 0 saturated heterocycles. The Hall–Kier alpha value is -3.22. The molecule has 0 aromatic heterocycles. The van der Waals surface area contributed by atoms with Crippen molar-refractivity contribution in [2.45, 2.75) is 19.8 Å². The lowest BCUT2D eigenvalue weighted by Crippen LogP contribution is -2.21. The fraction of sp³-hybridized carbons (Fsp3) is 0.250. The minimum Gasteiger partial charge on any atom is -0.494 e. The second-order valence-electron chi connectivity index (χ2n) is 5.75. The molecule has 2 rings (SSSR count). The molecular weight excluding hydrogens is 353 g/mol. The molecule has 6 nitrogen and oxygen atoms in total. The summed E-state index contributed by atoms with van der Waals surface area (Å²) in [5, 5.41) is 2.49. The van der Waals surface area contributed by atoms with Crippen LogP contribution in [0.3, 0.4) is 0 Å². The van der Waals surface area contributed by atoms with Crippen molar-refractivity contribution in [3.63, 3.8) is 0 Å². The largest absolute Gasteiger partial charge is 0.494 e. The number of carbonyl (C=O) groups is 3. The first-order valence-corrected chi connectivity index (χ1v) is 8.39. The van der Waals surface area contributed by atoms with Crippen molar-refractivity contribution < 1.29 is 28.2 Å². The Balaban J connectivity index is 1.61. The summed E-state index contributed by atoms with van der Waals surface area (Å²) in [5.74, 6) is -0.840. The van der Waals surface area contributed by atoms with Crippen LogP contribution in [0.25, 0.3) is 0 Å². The topological polar surface area (TPSA) is 81.7 Å². The number of hydrogen-bond acceptors (Lipinski definition) is 5. The molecule has 2 aromatic rings. The predicted molar refractivity (Wildman–Crippen MR) is 97.2 cm³/mol. The zero-order chi connectivity index (χ0) is 19.6. The Morgan fingerprint density at radius 3 is 2.30 bits per heavy atom. The van der Waals surface area contributed by atoms with E-state index in [1.807, 2.05) is 0 Å². The van der Waals surface area contributed by atoms with E-state index in [2.05, 4.69) is 5.32 Å². The highest BCUT2D eigenvalue weighted by Crippen LogP contribution is 2.13. The van der Waals surface area contributed by atoms with Crippen molar-refractivity contribution >= 4 is 23.3 Å². The van der Waals surface area contributed by atoms with Crippen LogP contribution in [-0.2, 0) is 14.3 Å². The van der Waals surface area contributed by atoms with Crippen molar-refractivity contribution in [2.75, 3.05) is 18.5 Å². The number of rotatable bonds is 9. The van der Waals surface area contributed by atoms with Crippen LogP contribution >= 0.6 is 0 Å². The quantitative estimate of drug-likeness (QED) is 0.414. The van der Waals surface area contributed by atoms with Gasteiger partial charge in [-0.1, -0.05) is 0 Å². The Kier molecular flexibility index (Phi) is 7.49. The van der Waals surface area contributed by atoms with Gasteiger partial charge in [0, 0.05) is 17.7 Å². The number of esters is 1. The Labute approximate surface area is 156 Å². The molecule has 0 saturated carbocycles. The number of halogens is 1. The fourth-order valence-corrected chi connectivity index (χ4v) is 2.14. The van der Waals surface area contributed by atoms with Crippen molar-refractivity contribution in [1.82, 2.24) is 0 Å². The minimum absolute atomic E-state index is 0.0206. The lowest BCUT2D eigenvalue weighted by molar-refractivity contribution is -0.147. The third-order valence-corrected chi connectivity index (χ3v) is 3.55. The van der Waals surface area contributed by atoms with Crippen LogP contribution in [0.1, 0.15) is 30.1 Å². The van der Waals surface area contributed by atoms with E-state index in [-0.39, 0.29) is 12.2 Å². The molecular formula is C20H20FNO5. The molecule has 1 amide bonds.